The van der Waals surface area contributed by atoms with Crippen LogP contribution in [0.3, 0.4) is 0 Å². The lowest BCUT2D eigenvalue weighted by atomic mass is 9.80. The molecule has 2 heterocycles. The van der Waals surface area contributed by atoms with Crippen LogP contribution in [0.5, 0.6) is 0 Å². The van der Waals surface area contributed by atoms with E-state index in [-0.39, 0.29) is 25.0 Å². The number of carbonyl (C=O) groups excluding carboxylic acids is 2. The van der Waals surface area contributed by atoms with Crippen molar-refractivity contribution in [2.75, 3.05) is 27.9 Å². The summed E-state index contributed by atoms with van der Waals surface area (Å²) < 4.78 is 24.5. The van der Waals surface area contributed by atoms with Crippen LogP contribution in [0.4, 0.5) is 0 Å². The molecule has 0 fully saturated rings. The molecular weight excluding hydrogens is 494 g/mol. The number of nitrogens with zero attached hydrogens (tertiary/aromatic N) is 1. The first-order valence-corrected chi connectivity index (χ1v) is 13.4. The average Bonchev–Trinajstić information content (AvgIpc) is 3.29. The van der Waals surface area contributed by atoms with Crippen molar-refractivity contribution < 1.29 is 28.5 Å². The molecule has 5 rings (SSSR count). The molecule has 1 aromatic heterocycles. The van der Waals surface area contributed by atoms with Crippen molar-refractivity contribution in [3.05, 3.63) is 76.8 Å². The van der Waals surface area contributed by atoms with E-state index in [9.17, 15) is 9.59 Å². The molecule has 204 valence electrons. The Bertz CT molecular complexity index is 1510. The Morgan fingerprint density at radius 1 is 1.05 bits per heavy atom. The second kappa shape index (κ2) is 10.7. The SMILES string of the molecule is CCOC(=O)c1c(-c2cccc3ccccc23)c(CCC(=O)OC)n2c1C1=C(CC2)C[C@](C)(OC)C(OC)=C1. The fourth-order valence-electron chi connectivity index (χ4n) is 6.04. The van der Waals surface area contributed by atoms with Crippen LogP contribution in [-0.2, 0) is 36.7 Å². The Hall–Kier alpha value is -3.84. The molecule has 0 unspecified atom stereocenters. The molecule has 7 heteroatoms. The van der Waals surface area contributed by atoms with Gasteiger partial charge in [-0.3, -0.25) is 4.79 Å². The predicted molar refractivity (Wildman–Crippen MR) is 150 cm³/mol. The van der Waals surface area contributed by atoms with Crippen LogP contribution in [-0.4, -0.2) is 50.0 Å². The first-order valence-electron chi connectivity index (χ1n) is 13.4. The van der Waals surface area contributed by atoms with Crippen molar-refractivity contribution >= 4 is 28.3 Å². The number of allylic oxidation sites excluding steroid dienone is 2. The molecule has 1 aliphatic carbocycles. The number of carbonyl (C=O) groups is 2. The van der Waals surface area contributed by atoms with Gasteiger partial charge in [0.15, 0.2) is 0 Å². The van der Waals surface area contributed by atoms with Gasteiger partial charge in [-0.25, -0.2) is 4.79 Å². The first kappa shape index (κ1) is 26.8. The highest BCUT2D eigenvalue weighted by molar-refractivity contribution is 6.09. The molecule has 0 spiro atoms. The summed E-state index contributed by atoms with van der Waals surface area (Å²) in [6.07, 6.45) is 4.09. The fourth-order valence-corrected chi connectivity index (χ4v) is 6.04. The van der Waals surface area contributed by atoms with E-state index >= 15 is 0 Å². The molecular formula is C32H35NO6. The van der Waals surface area contributed by atoms with Gasteiger partial charge in [0, 0.05) is 36.9 Å². The zero-order valence-corrected chi connectivity index (χ0v) is 23.3. The fraction of sp³-hybridized carbons (Fsp3) is 0.375. The molecule has 2 aliphatic rings. The second-order valence-electron chi connectivity index (χ2n) is 10.1. The van der Waals surface area contributed by atoms with Gasteiger partial charge in [-0.15, -0.1) is 0 Å². The van der Waals surface area contributed by atoms with Crippen LogP contribution < -0.4 is 0 Å². The lowest BCUT2D eigenvalue weighted by molar-refractivity contribution is -0.140. The van der Waals surface area contributed by atoms with Gasteiger partial charge >= 0.3 is 11.9 Å². The maximum Gasteiger partial charge on any atom is 0.340 e. The lowest BCUT2D eigenvalue weighted by Gasteiger charge is -2.37. The molecule has 1 atom stereocenters. The van der Waals surface area contributed by atoms with E-state index in [1.54, 1.807) is 14.2 Å². The average molecular weight is 530 g/mol. The third kappa shape index (κ3) is 4.55. The van der Waals surface area contributed by atoms with Crippen LogP contribution in [0.15, 0.2) is 59.9 Å². The van der Waals surface area contributed by atoms with E-state index in [2.05, 4.69) is 22.8 Å². The van der Waals surface area contributed by atoms with Crippen LogP contribution in [0.25, 0.3) is 27.5 Å². The highest BCUT2D eigenvalue weighted by Crippen LogP contribution is 2.48. The van der Waals surface area contributed by atoms with Gasteiger partial charge in [-0.2, -0.15) is 0 Å². The summed E-state index contributed by atoms with van der Waals surface area (Å²) in [5.74, 6) is 0.0311. The van der Waals surface area contributed by atoms with Crippen LogP contribution in [0.2, 0.25) is 0 Å². The number of benzene rings is 2. The van der Waals surface area contributed by atoms with Gasteiger partial charge in [0.25, 0.3) is 0 Å². The number of methoxy groups -OCH3 is 3. The normalized spacial score (nSPS) is 18.3. The molecule has 0 amide bonds. The zero-order chi connectivity index (χ0) is 27.7. The standard InChI is InChI=1S/C32H35NO6/c1-6-39-31(35)29-28(23-13-9-11-20-10-7-8-12-22(20)23)25(14-15-27(34)37-4)33-17-16-21-19-32(2,38-5)26(36-3)18-24(21)30(29)33/h7-13,18H,6,14-17,19H2,1-5H3/t32-/m0/s1. The quantitative estimate of drug-likeness (QED) is 0.329. The monoisotopic (exact) mass is 529 g/mol. The summed E-state index contributed by atoms with van der Waals surface area (Å²) >= 11 is 0. The van der Waals surface area contributed by atoms with Crippen molar-refractivity contribution in [3.63, 3.8) is 0 Å². The van der Waals surface area contributed by atoms with Gasteiger partial charge in [0.1, 0.15) is 11.4 Å². The highest BCUT2D eigenvalue weighted by atomic mass is 16.5. The van der Waals surface area contributed by atoms with Gasteiger partial charge in [-0.05, 0) is 49.1 Å². The summed E-state index contributed by atoms with van der Waals surface area (Å²) in [5.41, 5.74) is 5.59. The van der Waals surface area contributed by atoms with Crippen molar-refractivity contribution in [2.24, 2.45) is 0 Å². The number of hydrogen-bond donors (Lipinski definition) is 0. The highest BCUT2D eigenvalue weighted by Gasteiger charge is 2.41. The Labute approximate surface area is 229 Å². The Balaban J connectivity index is 1.84. The summed E-state index contributed by atoms with van der Waals surface area (Å²) in [5, 5.41) is 2.11. The van der Waals surface area contributed by atoms with Crippen LogP contribution in [0.1, 0.15) is 54.9 Å². The predicted octanol–water partition coefficient (Wildman–Crippen LogP) is 6.09. The third-order valence-electron chi connectivity index (χ3n) is 7.99. The van der Waals surface area contributed by atoms with Crippen molar-refractivity contribution in [1.82, 2.24) is 4.57 Å². The number of fused-ring (bicyclic) bond motifs is 3. The van der Waals surface area contributed by atoms with Crippen molar-refractivity contribution in [3.8, 4) is 11.1 Å². The first-order chi connectivity index (χ1) is 18.9. The molecule has 0 radical (unpaired) electrons. The van der Waals surface area contributed by atoms with Gasteiger partial charge in [0.05, 0.1) is 38.5 Å². The second-order valence-corrected chi connectivity index (χ2v) is 10.1. The van der Waals surface area contributed by atoms with E-state index in [0.717, 1.165) is 45.3 Å². The van der Waals surface area contributed by atoms with E-state index in [1.807, 2.05) is 44.2 Å². The van der Waals surface area contributed by atoms with Crippen LogP contribution >= 0.6 is 0 Å². The van der Waals surface area contributed by atoms with Crippen molar-refractivity contribution in [2.45, 2.75) is 51.7 Å². The molecule has 3 aromatic rings. The topological polar surface area (TPSA) is 76.0 Å². The summed E-state index contributed by atoms with van der Waals surface area (Å²) in [6, 6.07) is 14.2. The molecule has 39 heavy (non-hydrogen) atoms. The summed E-state index contributed by atoms with van der Waals surface area (Å²) in [4.78, 5) is 26.1. The minimum atomic E-state index is -0.585. The number of rotatable bonds is 8. The number of ether oxygens (including phenoxy) is 4. The van der Waals surface area contributed by atoms with E-state index in [4.69, 9.17) is 18.9 Å². The largest absolute Gasteiger partial charge is 0.498 e. The number of aromatic nitrogens is 1. The molecule has 0 saturated carbocycles. The molecule has 0 N–H and O–H groups in total. The molecule has 2 aromatic carbocycles. The number of esters is 2. The van der Waals surface area contributed by atoms with Crippen LogP contribution in [0, 0.1) is 0 Å². The Morgan fingerprint density at radius 2 is 1.82 bits per heavy atom. The van der Waals surface area contributed by atoms with Gasteiger partial charge in [0.2, 0.25) is 0 Å². The summed E-state index contributed by atoms with van der Waals surface area (Å²) in [6.45, 7) is 4.77. The molecule has 7 nitrogen and oxygen atoms in total. The lowest BCUT2D eigenvalue weighted by Crippen LogP contribution is -2.35. The molecule has 0 saturated heterocycles. The Morgan fingerprint density at radius 3 is 2.54 bits per heavy atom. The Kier molecular flexibility index (Phi) is 7.36. The van der Waals surface area contributed by atoms with E-state index < -0.39 is 5.60 Å². The zero-order valence-electron chi connectivity index (χ0n) is 23.3. The maximum atomic E-state index is 13.8. The van der Waals surface area contributed by atoms with Gasteiger partial charge < -0.3 is 23.5 Å². The smallest absolute Gasteiger partial charge is 0.340 e. The summed E-state index contributed by atoms with van der Waals surface area (Å²) in [7, 11) is 4.73. The number of hydrogen-bond acceptors (Lipinski definition) is 6. The van der Waals surface area contributed by atoms with Gasteiger partial charge in [-0.1, -0.05) is 48.0 Å². The van der Waals surface area contributed by atoms with E-state index in [0.29, 0.717) is 30.7 Å². The van der Waals surface area contributed by atoms with E-state index in [1.165, 1.54) is 12.7 Å². The van der Waals surface area contributed by atoms with Crippen molar-refractivity contribution in [1.29, 1.82) is 0 Å². The molecule has 1 aliphatic heterocycles. The minimum absolute atomic E-state index is 0.201. The molecule has 0 bridgehead atoms. The minimum Gasteiger partial charge on any atom is -0.498 e. The third-order valence-corrected chi connectivity index (χ3v) is 7.99. The maximum absolute atomic E-state index is 13.8.